The summed E-state index contributed by atoms with van der Waals surface area (Å²) in [5.41, 5.74) is 6.09. The van der Waals surface area contributed by atoms with E-state index in [4.69, 9.17) is 14.5 Å². The van der Waals surface area contributed by atoms with E-state index in [1.807, 2.05) is 60.2 Å². The second kappa shape index (κ2) is 12.4. The molecule has 0 aliphatic rings. The van der Waals surface area contributed by atoms with Crippen LogP contribution in [0.25, 0.3) is 22.3 Å². The van der Waals surface area contributed by atoms with E-state index in [1.54, 1.807) is 26.6 Å². The van der Waals surface area contributed by atoms with E-state index in [2.05, 4.69) is 52.6 Å². The van der Waals surface area contributed by atoms with Gasteiger partial charge in [0.25, 0.3) is 0 Å². The summed E-state index contributed by atoms with van der Waals surface area (Å²) in [5.74, 6) is 1.92. The van der Waals surface area contributed by atoms with Crippen molar-refractivity contribution >= 4 is 28.6 Å². The van der Waals surface area contributed by atoms with Gasteiger partial charge < -0.3 is 14.4 Å². The first kappa shape index (κ1) is 27.6. The fraction of sp³-hybridized carbons (Fsp3) is 0.333. The molecule has 0 saturated heterocycles. The van der Waals surface area contributed by atoms with E-state index >= 15 is 0 Å². The zero-order valence-electron chi connectivity index (χ0n) is 23.6. The Labute approximate surface area is 230 Å². The van der Waals surface area contributed by atoms with Crippen LogP contribution in [0.15, 0.2) is 72.4 Å². The van der Waals surface area contributed by atoms with Gasteiger partial charge in [-0.2, -0.15) is 10.2 Å². The second-order valence-electron chi connectivity index (χ2n) is 9.73. The predicted octanol–water partition coefficient (Wildman–Crippen LogP) is 6.15. The minimum absolute atomic E-state index is 0.507. The molecule has 0 radical (unpaired) electrons. The van der Waals surface area contributed by atoms with Crippen LogP contribution in [0.5, 0.6) is 11.5 Å². The molecule has 0 aliphatic heterocycles. The van der Waals surface area contributed by atoms with Crippen molar-refractivity contribution < 1.29 is 9.47 Å². The molecule has 9 nitrogen and oxygen atoms in total. The molecule has 39 heavy (non-hydrogen) atoms. The van der Waals surface area contributed by atoms with Crippen molar-refractivity contribution in [3.05, 3.63) is 67.3 Å². The molecular formula is C30H37N7O2. The first-order valence-electron chi connectivity index (χ1n) is 13.0. The normalized spacial score (nSPS) is 11.4. The Hall–Kier alpha value is -4.40. The predicted molar refractivity (Wildman–Crippen MR) is 158 cm³/mol. The van der Waals surface area contributed by atoms with E-state index in [-0.39, 0.29) is 0 Å². The summed E-state index contributed by atoms with van der Waals surface area (Å²) in [7, 11) is 3.30. The van der Waals surface area contributed by atoms with Gasteiger partial charge in [-0.1, -0.05) is 20.4 Å². The number of anilines is 2. The smallest absolute Gasteiger partial charge is 0.124 e. The summed E-state index contributed by atoms with van der Waals surface area (Å²) in [5, 5.41) is 10.8. The molecule has 2 aromatic carbocycles. The van der Waals surface area contributed by atoms with Crippen LogP contribution < -0.4 is 14.4 Å². The van der Waals surface area contributed by atoms with Crippen LogP contribution >= 0.6 is 0 Å². The zero-order chi connectivity index (χ0) is 27.9. The fourth-order valence-electron chi connectivity index (χ4n) is 4.31. The lowest BCUT2D eigenvalue weighted by atomic mass is 10.2. The summed E-state index contributed by atoms with van der Waals surface area (Å²) >= 11 is 0. The largest absolute Gasteiger partial charge is 0.497 e. The van der Waals surface area contributed by atoms with Gasteiger partial charge in [0.2, 0.25) is 0 Å². The number of nitrogens with zero attached hydrogens (tertiary/aromatic N) is 7. The summed E-state index contributed by atoms with van der Waals surface area (Å²) in [4.78, 5) is 11.8. The number of hydrazone groups is 1. The van der Waals surface area contributed by atoms with Crippen LogP contribution in [0.3, 0.4) is 0 Å². The van der Waals surface area contributed by atoms with Gasteiger partial charge in [0.15, 0.2) is 0 Å². The van der Waals surface area contributed by atoms with Crippen LogP contribution in [0.4, 0.5) is 11.4 Å². The van der Waals surface area contributed by atoms with Gasteiger partial charge in [-0.25, -0.2) is 4.98 Å². The van der Waals surface area contributed by atoms with Crippen molar-refractivity contribution in [2.45, 2.75) is 34.2 Å². The second-order valence-corrected chi connectivity index (χ2v) is 9.73. The molecule has 0 saturated carbocycles. The third-order valence-corrected chi connectivity index (χ3v) is 6.20. The Kier molecular flexibility index (Phi) is 8.81. The summed E-state index contributed by atoms with van der Waals surface area (Å²) < 4.78 is 13.1. The highest BCUT2D eigenvalue weighted by atomic mass is 16.5. The molecule has 204 valence electrons. The highest BCUT2D eigenvalue weighted by Crippen LogP contribution is 2.34. The first-order valence-corrected chi connectivity index (χ1v) is 13.0. The molecular weight excluding hydrogens is 490 g/mol. The maximum atomic E-state index is 5.56. The number of hydrogen-bond acceptors (Lipinski definition) is 8. The van der Waals surface area contributed by atoms with Gasteiger partial charge in [-0.15, -0.1) is 0 Å². The Morgan fingerprint density at radius 1 is 1.03 bits per heavy atom. The van der Waals surface area contributed by atoms with Crippen LogP contribution in [0.2, 0.25) is 0 Å². The number of allylic oxidation sites excluding steroid dienone is 1. The van der Waals surface area contributed by atoms with Crippen molar-refractivity contribution in [1.29, 1.82) is 0 Å². The number of rotatable bonds is 12. The van der Waals surface area contributed by atoms with Crippen LogP contribution in [0, 0.1) is 5.92 Å². The van der Waals surface area contributed by atoms with Gasteiger partial charge in [0, 0.05) is 66.3 Å². The first-order chi connectivity index (χ1) is 18.8. The molecule has 0 atom stereocenters. The summed E-state index contributed by atoms with van der Waals surface area (Å²) in [6, 6.07) is 12.0. The summed E-state index contributed by atoms with van der Waals surface area (Å²) in [6.45, 7) is 14.4. The monoisotopic (exact) mass is 527 g/mol. The quantitative estimate of drug-likeness (QED) is 0.162. The maximum Gasteiger partial charge on any atom is 0.124 e. The van der Waals surface area contributed by atoms with Gasteiger partial charge >= 0.3 is 0 Å². The molecule has 0 aliphatic carbocycles. The average molecular weight is 528 g/mol. The lowest BCUT2D eigenvalue weighted by Crippen LogP contribution is -2.29. The number of fused-ring (bicyclic) bond motifs is 1. The lowest BCUT2D eigenvalue weighted by Gasteiger charge is -2.29. The van der Waals surface area contributed by atoms with Gasteiger partial charge in [0.1, 0.15) is 11.5 Å². The highest BCUT2D eigenvalue weighted by Gasteiger charge is 2.16. The Balaban J connectivity index is 1.75. The highest BCUT2D eigenvalue weighted by molar-refractivity contribution is 5.82. The molecule has 9 heteroatoms. The molecule has 0 N–H and O–H groups in total. The standard InChI is InChI=1S/C30H37N7O2/c1-8-32-37(22(4)5)12-11-36(25-13-26(38-6)16-27(14-25)39-7)24-9-10-28-29(15-24)34-30(18-31-28)23-17-33-35(20-23)19-21(2)3/h8-10,13-18,20-21H,4,11-12,19H2,1-3,5-7H3/b32-8-. The van der Waals surface area contributed by atoms with Crippen molar-refractivity contribution in [1.82, 2.24) is 24.8 Å². The molecule has 0 fully saturated rings. The Morgan fingerprint density at radius 2 is 1.77 bits per heavy atom. The summed E-state index contributed by atoms with van der Waals surface area (Å²) in [6.07, 6.45) is 7.44. The van der Waals surface area contributed by atoms with E-state index in [0.717, 1.165) is 45.9 Å². The number of benzene rings is 2. The molecule has 0 spiro atoms. The Bertz CT molecular complexity index is 1440. The van der Waals surface area contributed by atoms with E-state index in [0.29, 0.717) is 30.5 Å². The molecule has 0 unspecified atom stereocenters. The van der Waals surface area contributed by atoms with Crippen LogP contribution in [0.1, 0.15) is 27.7 Å². The van der Waals surface area contributed by atoms with E-state index in [1.165, 1.54) is 0 Å². The minimum Gasteiger partial charge on any atom is -0.497 e. The topological polar surface area (TPSA) is 80.9 Å². The molecule has 4 rings (SSSR count). The van der Waals surface area contributed by atoms with Crippen molar-refractivity contribution in [2.75, 3.05) is 32.2 Å². The Morgan fingerprint density at radius 3 is 2.41 bits per heavy atom. The SMILES string of the molecule is C=C(C)N(CCN(c1cc(OC)cc(OC)c1)c1ccc2ncc(-c3cnn(CC(C)C)c3)nc2c1)/N=C\C. The van der Waals surface area contributed by atoms with E-state index < -0.39 is 0 Å². The fourth-order valence-corrected chi connectivity index (χ4v) is 4.31. The van der Waals surface area contributed by atoms with Crippen LogP contribution in [-0.2, 0) is 6.54 Å². The molecule has 0 bridgehead atoms. The number of hydrogen-bond donors (Lipinski definition) is 0. The van der Waals surface area contributed by atoms with Gasteiger partial charge in [-0.3, -0.25) is 14.7 Å². The van der Waals surface area contributed by atoms with Gasteiger partial charge in [0.05, 0.1) is 49.9 Å². The molecule has 4 aromatic rings. The zero-order valence-corrected chi connectivity index (χ0v) is 23.6. The van der Waals surface area contributed by atoms with Crippen LogP contribution in [-0.4, -0.2) is 58.3 Å². The minimum atomic E-state index is 0.507. The molecule has 2 aromatic heterocycles. The molecule has 0 amide bonds. The van der Waals surface area contributed by atoms with Gasteiger partial charge in [-0.05, 0) is 38.0 Å². The van der Waals surface area contributed by atoms with E-state index in [9.17, 15) is 0 Å². The number of methoxy groups -OCH3 is 2. The third kappa shape index (κ3) is 6.73. The number of aromatic nitrogens is 4. The lowest BCUT2D eigenvalue weighted by molar-refractivity contribution is 0.376. The van der Waals surface area contributed by atoms with Crippen molar-refractivity contribution in [3.63, 3.8) is 0 Å². The maximum absolute atomic E-state index is 5.56. The average Bonchev–Trinajstić information content (AvgIpc) is 3.39. The van der Waals surface area contributed by atoms with Crippen molar-refractivity contribution in [3.8, 4) is 22.8 Å². The third-order valence-electron chi connectivity index (χ3n) is 6.20. The number of ether oxygens (including phenoxy) is 2. The van der Waals surface area contributed by atoms with Crippen molar-refractivity contribution in [2.24, 2.45) is 11.0 Å². The molecule has 2 heterocycles.